The Labute approximate surface area is 232 Å². The second-order valence-corrected chi connectivity index (χ2v) is 11.0. The Bertz CT molecular complexity index is 1440. The van der Waals surface area contributed by atoms with Crippen molar-refractivity contribution in [2.75, 3.05) is 55.8 Å². The molecule has 0 radical (unpaired) electrons. The number of nitrogens with zero attached hydrogens (tertiary/aromatic N) is 2. The molecule has 2 amide bonds. The quantitative estimate of drug-likeness (QED) is 0.411. The molecule has 1 aliphatic rings. The van der Waals surface area contributed by atoms with Gasteiger partial charge < -0.3 is 24.4 Å². The van der Waals surface area contributed by atoms with Gasteiger partial charge in [-0.05, 0) is 54.6 Å². The molecule has 0 unspecified atom stereocenters. The van der Waals surface area contributed by atoms with Crippen LogP contribution in [0.15, 0.2) is 66.7 Å². The Morgan fingerprint density at radius 1 is 1.00 bits per heavy atom. The number of para-hydroxylation sites is 2. The minimum atomic E-state index is -3.85. The number of ether oxygens (including phenoxy) is 3. The number of morpholine rings is 1. The highest BCUT2D eigenvalue weighted by molar-refractivity contribution is 7.92. The molecule has 39 heavy (non-hydrogen) atoms. The van der Waals surface area contributed by atoms with Crippen molar-refractivity contribution in [2.45, 2.75) is 0 Å². The maximum Gasteiger partial charge on any atom is 0.254 e. The Morgan fingerprint density at radius 3 is 2.31 bits per heavy atom. The predicted octanol–water partition coefficient (Wildman–Crippen LogP) is 4.02. The number of hydrogen-bond donors (Lipinski definition) is 1. The summed E-state index contributed by atoms with van der Waals surface area (Å²) in [5, 5.41) is 3.03. The highest BCUT2D eigenvalue weighted by atomic mass is 35.5. The molecule has 4 rings (SSSR count). The van der Waals surface area contributed by atoms with Crippen LogP contribution < -0.4 is 19.1 Å². The van der Waals surface area contributed by atoms with E-state index in [2.05, 4.69) is 5.32 Å². The Balaban J connectivity index is 1.51. The van der Waals surface area contributed by atoms with Crippen LogP contribution in [0.25, 0.3) is 0 Å². The molecular weight excluding hydrogens is 546 g/mol. The Morgan fingerprint density at radius 2 is 1.67 bits per heavy atom. The molecule has 0 saturated carbocycles. The maximum absolute atomic E-state index is 13.1. The second kappa shape index (κ2) is 12.4. The van der Waals surface area contributed by atoms with E-state index in [1.807, 2.05) is 0 Å². The zero-order chi connectivity index (χ0) is 28.0. The van der Waals surface area contributed by atoms with Gasteiger partial charge in [0.05, 0.1) is 38.0 Å². The van der Waals surface area contributed by atoms with E-state index in [0.717, 1.165) is 10.6 Å². The van der Waals surface area contributed by atoms with Gasteiger partial charge in [0.25, 0.3) is 5.91 Å². The molecule has 1 fully saturated rings. The van der Waals surface area contributed by atoms with Gasteiger partial charge >= 0.3 is 0 Å². The van der Waals surface area contributed by atoms with E-state index in [0.29, 0.717) is 48.4 Å². The Kier molecular flexibility index (Phi) is 8.95. The molecule has 0 aliphatic carbocycles. The van der Waals surface area contributed by atoms with Crippen molar-refractivity contribution >= 4 is 44.8 Å². The minimum absolute atomic E-state index is 0.169. The van der Waals surface area contributed by atoms with E-state index in [-0.39, 0.29) is 23.0 Å². The van der Waals surface area contributed by atoms with Gasteiger partial charge in [-0.25, -0.2) is 8.42 Å². The third-order valence-corrected chi connectivity index (χ3v) is 7.27. The number of rotatable bonds is 9. The van der Waals surface area contributed by atoms with E-state index in [9.17, 15) is 18.0 Å². The zero-order valence-electron chi connectivity index (χ0n) is 21.4. The fraction of sp³-hybridized carbons (Fsp3) is 0.259. The average molecular weight is 574 g/mol. The molecule has 1 saturated heterocycles. The number of nitrogens with one attached hydrogen (secondary N) is 1. The molecule has 0 bridgehead atoms. The van der Waals surface area contributed by atoms with Crippen LogP contribution in [0.4, 0.5) is 11.4 Å². The standard InChI is InChI=1S/C27H28ClN3O7S/c1-36-24-5-3-4-6-25(24)38-23-12-9-20(28)17-22(23)29-26(32)18-31(39(2,34)35)21-10-7-19(8-11-21)27(33)30-13-15-37-16-14-30/h3-12,17H,13-16,18H2,1-2H3,(H,29,32). The van der Waals surface area contributed by atoms with Crippen LogP contribution in [-0.4, -0.2) is 71.3 Å². The van der Waals surface area contributed by atoms with Crippen molar-refractivity contribution in [3.05, 3.63) is 77.3 Å². The van der Waals surface area contributed by atoms with Crippen molar-refractivity contribution in [3.8, 4) is 17.2 Å². The molecule has 3 aromatic carbocycles. The maximum atomic E-state index is 13.1. The molecule has 0 aromatic heterocycles. The minimum Gasteiger partial charge on any atom is -0.493 e. The number of halogens is 1. The van der Waals surface area contributed by atoms with Crippen LogP contribution in [0.5, 0.6) is 17.2 Å². The van der Waals surface area contributed by atoms with Crippen molar-refractivity contribution in [3.63, 3.8) is 0 Å². The van der Waals surface area contributed by atoms with Crippen LogP contribution in [0, 0.1) is 0 Å². The molecule has 10 nitrogen and oxygen atoms in total. The lowest BCUT2D eigenvalue weighted by Crippen LogP contribution is -2.40. The molecule has 206 valence electrons. The number of amides is 2. The number of carbonyl (C=O) groups excluding carboxylic acids is 2. The first-order valence-corrected chi connectivity index (χ1v) is 14.2. The number of anilines is 2. The van der Waals surface area contributed by atoms with Crippen LogP contribution >= 0.6 is 11.6 Å². The van der Waals surface area contributed by atoms with Crippen LogP contribution in [-0.2, 0) is 19.6 Å². The van der Waals surface area contributed by atoms with Crippen LogP contribution in [0.1, 0.15) is 10.4 Å². The van der Waals surface area contributed by atoms with E-state index in [4.69, 9.17) is 25.8 Å². The number of benzene rings is 3. The smallest absolute Gasteiger partial charge is 0.254 e. The summed E-state index contributed by atoms with van der Waals surface area (Å²) < 4.78 is 42.7. The van der Waals surface area contributed by atoms with Gasteiger partial charge in [0, 0.05) is 23.7 Å². The van der Waals surface area contributed by atoms with Crippen LogP contribution in [0.3, 0.4) is 0 Å². The summed E-state index contributed by atoms with van der Waals surface area (Å²) in [6.07, 6.45) is 1.00. The van der Waals surface area contributed by atoms with Crippen molar-refractivity contribution in [2.24, 2.45) is 0 Å². The van der Waals surface area contributed by atoms with Crippen molar-refractivity contribution in [1.82, 2.24) is 4.90 Å². The Hall–Kier alpha value is -3.80. The molecule has 0 atom stereocenters. The topological polar surface area (TPSA) is 114 Å². The van der Waals surface area contributed by atoms with Gasteiger partial charge in [-0.2, -0.15) is 0 Å². The van der Waals surface area contributed by atoms with Crippen LogP contribution in [0.2, 0.25) is 5.02 Å². The first-order valence-electron chi connectivity index (χ1n) is 12.0. The number of carbonyl (C=O) groups is 2. The molecule has 3 aromatic rings. The third-order valence-electron chi connectivity index (χ3n) is 5.89. The molecule has 12 heteroatoms. The van der Waals surface area contributed by atoms with Crippen molar-refractivity contribution in [1.29, 1.82) is 0 Å². The molecule has 1 aliphatic heterocycles. The van der Waals surface area contributed by atoms with Gasteiger partial charge in [-0.1, -0.05) is 23.7 Å². The lowest BCUT2D eigenvalue weighted by Gasteiger charge is -2.27. The predicted molar refractivity (Wildman–Crippen MR) is 149 cm³/mol. The van der Waals surface area contributed by atoms with E-state index >= 15 is 0 Å². The first-order chi connectivity index (χ1) is 18.7. The summed E-state index contributed by atoms with van der Waals surface area (Å²) in [7, 11) is -2.34. The molecular formula is C27H28ClN3O7S. The number of sulfonamides is 1. The number of methoxy groups -OCH3 is 1. The summed E-state index contributed by atoms with van der Waals surface area (Å²) in [5.74, 6) is 0.401. The second-order valence-electron chi connectivity index (χ2n) is 8.66. The largest absolute Gasteiger partial charge is 0.493 e. The highest BCUT2D eigenvalue weighted by Gasteiger charge is 2.24. The van der Waals surface area contributed by atoms with Crippen molar-refractivity contribution < 1.29 is 32.2 Å². The SMILES string of the molecule is COc1ccccc1Oc1ccc(Cl)cc1NC(=O)CN(c1ccc(C(=O)N2CCOCC2)cc1)S(C)(=O)=O. The van der Waals surface area contributed by atoms with Gasteiger partial charge in [-0.3, -0.25) is 13.9 Å². The average Bonchev–Trinajstić information content (AvgIpc) is 2.93. The van der Waals surface area contributed by atoms with Gasteiger partial charge in [0.15, 0.2) is 17.2 Å². The summed E-state index contributed by atoms with van der Waals surface area (Å²) in [4.78, 5) is 27.5. The van der Waals surface area contributed by atoms with Gasteiger partial charge in [-0.15, -0.1) is 0 Å². The normalized spacial score (nSPS) is 13.5. The highest BCUT2D eigenvalue weighted by Crippen LogP contribution is 2.36. The molecule has 0 spiro atoms. The fourth-order valence-corrected chi connectivity index (χ4v) is 4.98. The zero-order valence-corrected chi connectivity index (χ0v) is 23.0. The summed E-state index contributed by atoms with van der Waals surface area (Å²) in [5.41, 5.74) is 0.900. The summed E-state index contributed by atoms with van der Waals surface area (Å²) in [6, 6.07) is 17.8. The monoisotopic (exact) mass is 573 g/mol. The van der Waals surface area contributed by atoms with E-state index in [1.54, 1.807) is 53.4 Å². The van der Waals surface area contributed by atoms with E-state index in [1.165, 1.54) is 25.3 Å². The lowest BCUT2D eigenvalue weighted by molar-refractivity contribution is -0.114. The lowest BCUT2D eigenvalue weighted by atomic mass is 10.1. The van der Waals surface area contributed by atoms with E-state index < -0.39 is 22.5 Å². The summed E-state index contributed by atoms with van der Waals surface area (Å²) >= 11 is 6.16. The number of hydrogen-bond acceptors (Lipinski definition) is 7. The fourth-order valence-electron chi connectivity index (χ4n) is 3.95. The third kappa shape index (κ3) is 7.20. The van der Waals surface area contributed by atoms with Gasteiger partial charge in [0.2, 0.25) is 15.9 Å². The molecule has 1 heterocycles. The molecule has 1 N–H and O–H groups in total. The first kappa shape index (κ1) is 28.2. The summed E-state index contributed by atoms with van der Waals surface area (Å²) in [6.45, 7) is 1.40. The van der Waals surface area contributed by atoms with Gasteiger partial charge in [0.1, 0.15) is 6.54 Å².